The van der Waals surface area contributed by atoms with Crippen molar-refractivity contribution in [1.29, 1.82) is 0 Å². The predicted molar refractivity (Wildman–Crippen MR) is 82.6 cm³/mol. The molecule has 0 radical (unpaired) electrons. The summed E-state index contributed by atoms with van der Waals surface area (Å²) in [4.78, 5) is 27.2. The predicted octanol–water partition coefficient (Wildman–Crippen LogP) is 1.64. The van der Waals surface area contributed by atoms with Crippen molar-refractivity contribution >= 4 is 11.9 Å². The number of hydrogen-bond donors (Lipinski definition) is 3. The lowest BCUT2D eigenvalue weighted by Gasteiger charge is -2.18. The molecular weight excluding hydrogens is 299 g/mol. The third kappa shape index (κ3) is 5.06. The van der Waals surface area contributed by atoms with Crippen molar-refractivity contribution in [2.24, 2.45) is 5.73 Å². The van der Waals surface area contributed by atoms with Crippen LogP contribution < -0.4 is 16.4 Å². The molecule has 120 valence electrons. The van der Waals surface area contributed by atoms with E-state index >= 15 is 0 Å². The Morgan fingerprint density at radius 1 is 1.17 bits per heavy atom. The smallest absolute Gasteiger partial charge is 0.312 e. The molecule has 0 bridgehead atoms. The third-order valence-electron chi connectivity index (χ3n) is 3.18. The molecule has 6 nitrogen and oxygen atoms in total. The van der Waals surface area contributed by atoms with Crippen LogP contribution in [-0.2, 0) is 11.3 Å². The van der Waals surface area contributed by atoms with Crippen LogP contribution in [-0.4, -0.2) is 16.9 Å². The first-order chi connectivity index (χ1) is 11.1. The molecule has 1 aromatic heterocycles. The number of nitrogens with zero attached hydrogens (tertiary/aromatic N) is 1. The molecule has 7 heteroatoms. The van der Waals surface area contributed by atoms with Crippen molar-refractivity contribution in [3.63, 3.8) is 0 Å². The van der Waals surface area contributed by atoms with Gasteiger partial charge in [0.25, 0.3) is 0 Å². The summed E-state index contributed by atoms with van der Waals surface area (Å²) >= 11 is 0. The Morgan fingerprint density at radius 2 is 1.91 bits per heavy atom. The monoisotopic (exact) mass is 316 g/mol. The van der Waals surface area contributed by atoms with Crippen molar-refractivity contribution < 1.29 is 14.0 Å². The second-order valence-corrected chi connectivity index (χ2v) is 4.88. The van der Waals surface area contributed by atoms with Gasteiger partial charge in [-0.1, -0.05) is 24.3 Å². The van der Waals surface area contributed by atoms with Crippen LogP contribution in [0.5, 0.6) is 0 Å². The molecule has 2 rings (SSSR count). The van der Waals surface area contributed by atoms with Gasteiger partial charge in [-0.25, -0.2) is 9.18 Å². The van der Waals surface area contributed by atoms with Gasteiger partial charge in [-0.3, -0.25) is 9.78 Å². The number of carbonyl (C=O) groups is 2. The quantitative estimate of drug-likeness (QED) is 0.755. The lowest BCUT2D eigenvalue weighted by atomic mass is 10.0. The van der Waals surface area contributed by atoms with Crippen molar-refractivity contribution in [1.82, 2.24) is 15.6 Å². The zero-order valence-corrected chi connectivity index (χ0v) is 12.3. The highest BCUT2D eigenvalue weighted by molar-refractivity contribution is 5.78. The van der Waals surface area contributed by atoms with Crippen LogP contribution in [0.2, 0.25) is 0 Å². The average molecular weight is 316 g/mol. The van der Waals surface area contributed by atoms with Gasteiger partial charge in [0.1, 0.15) is 5.82 Å². The molecule has 1 atom stereocenters. The Morgan fingerprint density at radius 3 is 2.57 bits per heavy atom. The van der Waals surface area contributed by atoms with Gasteiger partial charge in [0.15, 0.2) is 0 Å². The highest BCUT2D eigenvalue weighted by Gasteiger charge is 2.20. The minimum atomic E-state index is -0.836. The van der Waals surface area contributed by atoms with Crippen LogP contribution in [0.4, 0.5) is 9.18 Å². The highest BCUT2D eigenvalue weighted by atomic mass is 19.1. The topological polar surface area (TPSA) is 97.1 Å². The minimum absolute atomic E-state index is 0.128. The van der Waals surface area contributed by atoms with E-state index in [1.165, 1.54) is 18.2 Å². The Hall–Kier alpha value is -2.96. The molecule has 0 saturated heterocycles. The number of primary amides is 1. The van der Waals surface area contributed by atoms with Crippen LogP contribution in [0, 0.1) is 5.82 Å². The molecule has 0 spiro atoms. The first-order valence-corrected chi connectivity index (χ1v) is 7.03. The summed E-state index contributed by atoms with van der Waals surface area (Å²) in [7, 11) is 0. The number of nitrogens with one attached hydrogen (secondary N) is 2. The van der Waals surface area contributed by atoms with E-state index in [9.17, 15) is 14.0 Å². The molecule has 1 heterocycles. The summed E-state index contributed by atoms with van der Waals surface area (Å²) in [6.07, 6.45) is 1.50. The van der Waals surface area contributed by atoms with E-state index in [1.807, 2.05) is 6.07 Å². The molecule has 0 aliphatic heterocycles. The van der Waals surface area contributed by atoms with Crippen LogP contribution in [0.15, 0.2) is 48.7 Å². The van der Waals surface area contributed by atoms with Gasteiger partial charge in [-0.15, -0.1) is 0 Å². The SMILES string of the molecule is NC(=O)N[C@@H](CC(=O)NCc1ccccn1)c1ccccc1F. The minimum Gasteiger partial charge on any atom is -0.352 e. The van der Waals surface area contributed by atoms with Gasteiger partial charge in [-0.2, -0.15) is 0 Å². The summed E-state index contributed by atoms with van der Waals surface area (Å²) in [5.74, 6) is -0.860. The first kappa shape index (κ1) is 16.4. The molecule has 23 heavy (non-hydrogen) atoms. The molecule has 0 unspecified atom stereocenters. The molecular formula is C16H17FN4O2. The molecule has 0 aliphatic carbocycles. The number of pyridine rings is 1. The van der Waals surface area contributed by atoms with Gasteiger partial charge in [0, 0.05) is 11.8 Å². The van der Waals surface area contributed by atoms with E-state index in [0.29, 0.717) is 5.69 Å². The number of benzene rings is 1. The lowest BCUT2D eigenvalue weighted by molar-refractivity contribution is -0.121. The maximum Gasteiger partial charge on any atom is 0.312 e. The fraction of sp³-hybridized carbons (Fsp3) is 0.188. The zero-order valence-electron chi connectivity index (χ0n) is 12.3. The second kappa shape index (κ2) is 7.88. The highest BCUT2D eigenvalue weighted by Crippen LogP contribution is 2.20. The number of nitrogens with two attached hydrogens (primary N) is 1. The summed E-state index contributed by atoms with van der Waals surface area (Å²) in [5.41, 5.74) is 6.02. The van der Waals surface area contributed by atoms with Gasteiger partial charge in [0.05, 0.1) is 24.7 Å². The fourth-order valence-corrected chi connectivity index (χ4v) is 2.12. The normalized spacial score (nSPS) is 11.5. The number of halogens is 1. The Balaban J connectivity index is 2.01. The summed E-state index contributed by atoms with van der Waals surface area (Å²) in [6, 6.07) is 9.62. The van der Waals surface area contributed by atoms with Crippen molar-refractivity contribution in [2.75, 3.05) is 0 Å². The number of amides is 3. The Bertz CT molecular complexity index is 679. The van der Waals surface area contributed by atoms with Crippen molar-refractivity contribution in [3.05, 3.63) is 65.7 Å². The Kier molecular flexibility index (Phi) is 5.62. The standard InChI is InChI=1S/C16H17FN4O2/c17-13-7-2-1-6-12(13)14(21-16(18)23)9-15(22)20-10-11-5-3-4-8-19-11/h1-8,14H,9-10H2,(H,20,22)(H3,18,21,23)/t14-/m0/s1. The molecule has 2 aromatic rings. The number of urea groups is 1. The summed E-state index contributed by atoms with van der Waals surface area (Å²) in [5, 5.41) is 5.06. The summed E-state index contributed by atoms with van der Waals surface area (Å²) in [6.45, 7) is 0.250. The van der Waals surface area contributed by atoms with Crippen LogP contribution in [0.25, 0.3) is 0 Å². The van der Waals surface area contributed by atoms with Crippen LogP contribution in [0.3, 0.4) is 0 Å². The van der Waals surface area contributed by atoms with Crippen LogP contribution in [0.1, 0.15) is 23.7 Å². The lowest BCUT2D eigenvalue weighted by Crippen LogP contribution is -2.37. The van der Waals surface area contributed by atoms with E-state index in [4.69, 9.17) is 5.73 Å². The van der Waals surface area contributed by atoms with E-state index in [1.54, 1.807) is 24.4 Å². The Labute approximate surface area is 132 Å². The maximum atomic E-state index is 13.9. The first-order valence-electron chi connectivity index (χ1n) is 7.03. The number of carbonyl (C=O) groups excluding carboxylic acids is 2. The van der Waals surface area contributed by atoms with Crippen molar-refractivity contribution in [3.8, 4) is 0 Å². The van der Waals surface area contributed by atoms with Crippen LogP contribution >= 0.6 is 0 Å². The van der Waals surface area contributed by atoms with Gasteiger partial charge in [0.2, 0.25) is 5.91 Å². The van der Waals surface area contributed by atoms with Gasteiger partial charge >= 0.3 is 6.03 Å². The molecule has 0 saturated carbocycles. The van der Waals surface area contributed by atoms with Crippen molar-refractivity contribution in [2.45, 2.75) is 19.0 Å². The molecule has 0 fully saturated rings. The van der Waals surface area contributed by atoms with Gasteiger partial charge in [-0.05, 0) is 18.2 Å². The summed E-state index contributed by atoms with van der Waals surface area (Å²) < 4.78 is 13.9. The van der Waals surface area contributed by atoms with Gasteiger partial charge < -0.3 is 16.4 Å². The molecule has 1 aromatic carbocycles. The zero-order chi connectivity index (χ0) is 16.7. The number of hydrogen-bond acceptors (Lipinski definition) is 3. The van der Waals surface area contributed by atoms with E-state index in [0.717, 1.165) is 0 Å². The van der Waals surface area contributed by atoms with E-state index in [2.05, 4.69) is 15.6 Å². The number of rotatable bonds is 6. The average Bonchev–Trinajstić information content (AvgIpc) is 2.53. The van der Waals surface area contributed by atoms with E-state index < -0.39 is 17.9 Å². The molecule has 4 N–H and O–H groups in total. The largest absolute Gasteiger partial charge is 0.352 e. The molecule has 3 amide bonds. The maximum absolute atomic E-state index is 13.9. The molecule has 0 aliphatic rings. The third-order valence-corrected chi connectivity index (χ3v) is 3.18. The second-order valence-electron chi connectivity index (χ2n) is 4.88. The van der Waals surface area contributed by atoms with E-state index in [-0.39, 0.29) is 24.4 Å². The number of aromatic nitrogens is 1. The fourth-order valence-electron chi connectivity index (χ4n) is 2.12.